The molecule has 0 saturated heterocycles. The maximum atomic E-state index is 14.9. The van der Waals surface area contributed by atoms with E-state index in [-0.39, 0.29) is 22.9 Å². The Morgan fingerprint density at radius 1 is 1.18 bits per heavy atom. The number of fused-ring (bicyclic) bond motifs is 1. The molecule has 7 heteroatoms. The van der Waals surface area contributed by atoms with Crippen LogP contribution in [0.3, 0.4) is 0 Å². The van der Waals surface area contributed by atoms with E-state index < -0.39 is 28.9 Å². The van der Waals surface area contributed by atoms with Crippen molar-refractivity contribution in [2.75, 3.05) is 0 Å². The number of aromatic hydroxyl groups is 1. The number of rotatable bonds is 4. The lowest BCUT2D eigenvalue weighted by atomic mass is 9.78. The molecule has 0 unspecified atom stereocenters. The maximum absolute atomic E-state index is 14.9. The predicted octanol–water partition coefficient (Wildman–Crippen LogP) is 4.89. The van der Waals surface area contributed by atoms with Crippen molar-refractivity contribution in [1.29, 1.82) is 0 Å². The summed E-state index contributed by atoms with van der Waals surface area (Å²) in [5.41, 5.74) is -0.441. The number of carboxylic acids is 1. The number of hydrogen-bond acceptors (Lipinski definition) is 3. The zero-order valence-corrected chi connectivity index (χ0v) is 16.3. The van der Waals surface area contributed by atoms with Gasteiger partial charge in [0.1, 0.15) is 0 Å². The third-order valence-electron chi connectivity index (χ3n) is 5.31. The number of phenolic OH excluding ortho intramolecular Hbond substituents is 1. The first kappa shape index (κ1) is 19.9. The summed E-state index contributed by atoms with van der Waals surface area (Å²) in [5.74, 6) is -3.13. The Morgan fingerprint density at radius 3 is 2.32 bits per heavy atom. The zero-order valence-electron chi connectivity index (χ0n) is 15.6. The van der Waals surface area contributed by atoms with E-state index >= 15 is 0 Å². The van der Waals surface area contributed by atoms with Gasteiger partial charge in [0.15, 0.2) is 11.6 Å². The minimum Gasteiger partial charge on any atom is -0.505 e. The first-order valence-electron chi connectivity index (χ1n) is 8.70. The van der Waals surface area contributed by atoms with Crippen molar-refractivity contribution in [1.82, 2.24) is 4.57 Å². The van der Waals surface area contributed by atoms with Crippen LogP contribution < -0.4 is 0 Å². The molecule has 3 rings (SSSR count). The van der Waals surface area contributed by atoms with Crippen molar-refractivity contribution in [3.05, 3.63) is 64.1 Å². The summed E-state index contributed by atoms with van der Waals surface area (Å²) in [6.45, 7) is 4.74. The van der Waals surface area contributed by atoms with Crippen molar-refractivity contribution in [3.63, 3.8) is 0 Å². The van der Waals surface area contributed by atoms with Crippen LogP contribution in [0.5, 0.6) is 5.75 Å². The van der Waals surface area contributed by atoms with Gasteiger partial charge in [0, 0.05) is 27.2 Å². The molecule has 2 N–H and O–H groups in total. The Morgan fingerprint density at radius 2 is 1.79 bits per heavy atom. The average Bonchev–Trinajstić information content (AvgIpc) is 2.97. The number of benzene rings is 2. The van der Waals surface area contributed by atoms with Crippen molar-refractivity contribution < 1.29 is 24.2 Å². The molecule has 2 aromatic carbocycles. The monoisotopic (exact) mass is 403 g/mol. The predicted molar refractivity (Wildman–Crippen MR) is 105 cm³/mol. The summed E-state index contributed by atoms with van der Waals surface area (Å²) in [6, 6.07) is 8.78. The van der Waals surface area contributed by atoms with Gasteiger partial charge in [0.2, 0.25) is 0 Å². The zero-order chi connectivity index (χ0) is 20.8. The van der Waals surface area contributed by atoms with Crippen LogP contribution in [0.4, 0.5) is 4.39 Å². The molecule has 146 valence electrons. The number of nitrogens with zero attached hydrogens (tertiary/aromatic N) is 1. The molecule has 0 fully saturated rings. The van der Waals surface area contributed by atoms with Crippen LogP contribution in [0.2, 0.25) is 5.02 Å². The molecule has 0 saturated carbocycles. The first-order chi connectivity index (χ1) is 13.1. The number of phenols is 1. The molecule has 0 radical (unpaired) electrons. The highest BCUT2D eigenvalue weighted by Gasteiger charge is 2.40. The van der Waals surface area contributed by atoms with Gasteiger partial charge in [-0.3, -0.25) is 14.2 Å². The van der Waals surface area contributed by atoms with Crippen LogP contribution in [0.1, 0.15) is 41.9 Å². The summed E-state index contributed by atoms with van der Waals surface area (Å²) in [6.07, 6.45) is 0.173. The maximum Gasteiger partial charge on any atom is 0.313 e. The molecule has 5 nitrogen and oxygen atoms in total. The van der Waals surface area contributed by atoms with Crippen molar-refractivity contribution in [2.45, 2.75) is 32.6 Å². The summed E-state index contributed by atoms with van der Waals surface area (Å²) < 4.78 is 16.2. The van der Waals surface area contributed by atoms with E-state index in [0.717, 1.165) is 6.07 Å². The lowest BCUT2D eigenvalue weighted by Crippen LogP contribution is -2.32. The highest BCUT2D eigenvalue weighted by atomic mass is 35.5. The van der Waals surface area contributed by atoms with Crippen molar-refractivity contribution in [2.24, 2.45) is 0 Å². The highest BCUT2D eigenvalue weighted by Crippen LogP contribution is 2.41. The number of carbonyl (C=O) groups is 2. The fourth-order valence-corrected chi connectivity index (χ4v) is 3.67. The third kappa shape index (κ3) is 2.85. The fraction of sp³-hybridized carbons (Fsp3) is 0.238. The van der Waals surface area contributed by atoms with E-state index in [1.807, 2.05) is 0 Å². The van der Waals surface area contributed by atoms with Crippen LogP contribution >= 0.6 is 11.6 Å². The lowest BCUT2D eigenvalue weighted by Gasteiger charge is -2.24. The Hall–Kier alpha value is -2.86. The van der Waals surface area contributed by atoms with Gasteiger partial charge < -0.3 is 10.2 Å². The normalized spacial score (nSPS) is 13.5. The summed E-state index contributed by atoms with van der Waals surface area (Å²) in [7, 11) is 0. The second-order valence-electron chi connectivity index (χ2n) is 6.89. The summed E-state index contributed by atoms with van der Waals surface area (Å²) in [4.78, 5) is 25.2. The minimum atomic E-state index is -1.44. The molecular weight excluding hydrogens is 385 g/mol. The number of carboxylic acid groups (broad SMARTS) is 1. The molecule has 1 heterocycles. The second kappa shape index (κ2) is 6.95. The molecule has 0 aliphatic heterocycles. The largest absolute Gasteiger partial charge is 0.505 e. The molecular formula is C21H19ClFNO4. The van der Waals surface area contributed by atoms with Gasteiger partial charge in [0.25, 0.3) is 5.91 Å². The van der Waals surface area contributed by atoms with E-state index in [0.29, 0.717) is 16.3 Å². The van der Waals surface area contributed by atoms with Gasteiger partial charge in [0.05, 0.1) is 10.9 Å². The molecule has 3 aromatic rings. The molecule has 1 atom stereocenters. The van der Waals surface area contributed by atoms with E-state index in [1.165, 1.54) is 17.6 Å². The van der Waals surface area contributed by atoms with Gasteiger partial charge in [-0.2, -0.15) is 0 Å². The fourth-order valence-electron chi connectivity index (χ4n) is 3.55. The molecule has 0 aliphatic carbocycles. The van der Waals surface area contributed by atoms with Crippen LogP contribution in [0.25, 0.3) is 10.9 Å². The quantitative estimate of drug-likeness (QED) is 0.650. The second-order valence-corrected chi connectivity index (χ2v) is 7.33. The van der Waals surface area contributed by atoms with Gasteiger partial charge >= 0.3 is 5.97 Å². The lowest BCUT2D eigenvalue weighted by molar-refractivity contribution is -0.143. The number of aliphatic carboxylic acids is 1. The van der Waals surface area contributed by atoms with Gasteiger partial charge in [-0.15, -0.1) is 0 Å². The minimum absolute atomic E-state index is 0.0634. The van der Waals surface area contributed by atoms with E-state index in [1.54, 1.807) is 38.1 Å². The van der Waals surface area contributed by atoms with Gasteiger partial charge in [-0.1, -0.05) is 18.5 Å². The third-order valence-corrected chi connectivity index (χ3v) is 5.56. The molecule has 0 bridgehead atoms. The molecule has 28 heavy (non-hydrogen) atoms. The van der Waals surface area contributed by atoms with Crippen LogP contribution in [-0.2, 0) is 10.2 Å². The number of aromatic nitrogens is 1. The Labute approximate surface area is 166 Å². The van der Waals surface area contributed by atoms with E-state index in [9.17, 15) is 24.2 Å². The number of halogens is 2. The van der Waals surface area contributed by atoms with Crippen molar-refractivity contribution >= 4 is 34.4 Å². The van der Waals surface area contributed by atoms with E-state index in [4.69, 9.17) is 11.6 Å². The topological polar surface area (TPSA) is 79.5 Å². The van der Waals surface area contributed by atoms with Crippen molar-refractivity contribution in [3.8, 4) is 5.75 Å². The number of hydrogen-bond donors (Lipinski definition) is 2. The van der Waals surface area contributed by atoms with Crippen LogP contribution in [0, 0.1) is 12.7 Å². The summed E-state index contributed by atoms with van der Waals surface area (Å²) in [5, 5.41) is 20.1. The van der Waals surface area contributed by atoms with Crippen LogP contribution in [-0.4, -0.2) is 26.7 Å². The number of carbonyl (C=O) groups excluding carboxylic acids is 1. The average molecular weight is 404 g/mol. The highest BCUT2D eigenvalue weighted by molar-refractivity contribution is 6.30. The Kier molecular flexibility index (Phi) is 4.93. The summed E-state index contributed by atoms with van der Waals surface area (Å²) >= 11 is 5.88. The van der Waals surface area contributed by atoms with Gasteiger partial charge in [-0.05, 0) is 56.7 Å². The Bertz CT molecular complexity index is 1100. The van der Waals surface area contributed by atoms with Gasteiger partial charge in [-0.25, -0.2) is 4.39 Å². The molecule has 0 aliphatic rings. The SMILES string of the molecule is CC[C@@](C)(C(=O)O)c1c(C)n(C(=O)c2ccc(Cl)cc2)c2ccc(O)c(F)c12. The Balaban J connectivity index is 2.41. The van der Waals surface area contributed by atoms with Crippen LogP contribution in [0.15, 0.2) is 36.4 Å². The first-order valence-corrected chi connectivity index (χ1v) is 9.07. The molecule has 1 aromatic heterocycles. The molecule has 0 spiro atoms. The smallest absolute Gasteiger partial charge is 0.313 e. The van der Waals surface area contributed by atoms with E-state index in [2.05, 4.69) is 0 Å². The molecule has 0 amide bonds. The standard InChI is InChI=1S/C21H19ClFNO4/c1-4-21(3,20(27)28)17-11(2)24(14-9-10-15(25)18(23)16(14)17)19(26)12-5-7-13(22)8-6-12/h5-10,25H,4H2,1-3H3,(H,27,28)/t21-/m1/s1.